The number of hydrogen-bond acceptors (Lipinski definition) is 4. The Balaban J connectivity index is 2.01. The molecule has 0 aromatic heterocycles. The number of nitrogens with zero attached hydrogens (tertiary/aromatic N) is 1. The third kappa shape index (κ3) is 4.08. The van der Waals surface area contributed by atoms with Crippen LogP contribution in [0.25, 0.3) is 0 Å². The molecule has 21 heavy (non-hydrogen) atoms. The molecule has 0 aliphatic carbocycles. The molecule has 1 aliphatic heterocycles. The smallest absolute Gasteiger partial charge is 0.306 e. The molecular weight excluding hydrogens is 288 g/mol. The van der Waals surface area contributed by atoms with E-state index in [1.165, 1.54) is 0 Å². The third-order valence-electron chi connectivity index (χ3n) is 3.38. The van der Waals surface area contributed by atoms with Gasteiger partial charge in [-0.2, -0.15) is 5.10 Å². The summed E-state index contributed by atoms with van der Waals surface area (Å²) in [7, 11) is 0. The molecule has 2 rings (SSSR count). The summed E-state index contributed by atoms with van der Waals surface area (Å²) < 4.78 is 5.16. The normalized spacial score (nSPS) is 17.0. The Morgan fingerprint density at radius 1 is 1.62 bits per heavy atom. The van der Waals surface area contributed by atoms with E-state index in [0.29, 0.717) is 26.0 Å². The van der Waals surface area contributed by atoms with Gasteiger partial charge in [0.15, 0.2) is 0 Å². The summed E-state index contributed by atoms with van der Waals surface area (Å²) >= 11 is 6.04. The fourth-order valence-electron chi connectivity index (χ4n) is 2.22. The van der Waals surface area contributed by atoms with Gasteiger partial charge in [0, 0.05) is 17.5 Å². The van der Waals surface area contributed by atoms with Crippen LogP contribution < -0.4 is 5.43 Å². The Bertz CT molecular complexity index is 569. The molecule has 5 heteroatoms. The first-order valence-electron chi connectivity index (χ1n) is 6.95. The summed E-state index contributed by atoms with van der Waals surface area (Å²) in [4.78, 5) is 11.8. The van der Waals surface area contributed by atoms with Crippen molar-refractivity contribution in [2.24, 2.45) is 11.0 Å². The van der Waals surface area contributed by atoms with Crippen LogP contribution in [0.4, 0.5) is 0 Å². The van der Waals surface area contributed by atoms with Crippen molar-refractivity contribution in [1.29, 1.82) is 0 Å². The number of esters is 1. The minimum atomic E-state index is -0.205. The van der Waals surface area contributed by atoms with E-state index in [4.69, 9.17) is 16.3 Å². The molecule has 0 saturated heterocycles. The molecule has 0 bridgehead atoms. The molecule has 0 fully saturated rings. The van der Waals surface area contributed by atoms with Gasteiger partial charge >= 0.3 is 5.97 Å². The lowest BCUT2D eigenvalue weighted by Gasteiger charge is -2.12. The zero-order valence-corrected chi connectivity index (χ0v) is 12.8. The summed E-state index contributed by atoms with van der Waals surface area (Å²) in [6, 6.07) is 5.77. The van der Waals surface area contributed by atoms with Crippen molar-refractivity contribution in [2.75, 3.05) is 13.2 Å². The minimum Gasteiger partial charge on any atom is -0.465 e. The molecule has 112 valence electrons. The monoisotopic (exact) mass is 306 g/mol. The topological polar surface area (TPSA) is 50.7 Å². The van der Waals surface area contributed by atoms with Gasteiger partial charge in [0.2, 0.25) is 0 Å². The van der Waals surface area contributed by atoms with Gasteiger partial charge in [0.25, 0.3) is 0 Å². The van der Waals surface area contributed by atoms with Crippen molar-refractivity contribution < 1.29 is 9.53 Å². The van der Waals surface area contributed by atoms with E-state index < -0.39 is 0 Å². The zero-order valence-electron chi connectivity index (χ0n) is 12.1. The Hall–Kier alpha value is -1.81. The molecule has 0 radical (unpaired) electrons. The second kappa shape index (κ2) is 7.27. The second-order valence-electron chi connectivity index (χ2n) is 5.02. The quantitative estimate of drug-likeness (QED) is 0.499. The number of benzene rings is 1. The largest absolute Gasteiger partial charge is 0.465 e. The lowest BCUT2D eigenvalue weighted by molar-refractivity contribution is -0.144. The third-order valence-corrected chi connectivity index (χ3v) is 3.80. The molecular formula is C16H19ClN2O2. The highest BCUT2D eigenvalue weighted by atomic mass is 35.5. The number of carbonyl (C=O) groups is 1. The molecule has 1 aliphatic rings. The van der Waals surface area contributed by atoms with Crippen LogP contribution in [0.2, 0.25) is 5.02 Å². The standard InChI is InChI=1S/C16H19ClN2O2/c1-3-4-7-21-15(20)9-13-10-18-19-16(13)12-5-6-14(17)11(2)8-12/h3,5-6,8,13,18H,1,4,7,9-10H2,2H3. The van der Waals surface area contributed by atoms with Crippen molar-refractivity contribution in [1.82, 2.24) is 5.43 Å². The van der Waals surface area contributed by atoms with E-state index in [9.17, 15) is 4.79 Å². The summed E-state index contributed by atoms with van der Waals surface area (Å²) in [6.45, 7) is 6.58. The number of aryl methyl sites for hydroxylation is 1. The predicted molar refractivity (Wildman–Crippen MR) is 84.6 cm³/mol. The van der Waals surface area contributed by atoms with Crippen molar-refractivity contribution in [3.05, 3.63) is 47.0 Å². The fraction of sp³-hybridized carbons (Fsp3) is 0.375. The van der Waals surface area contributed by atoms with E-state index in [-0.39, 0.29) is 11.9 Å². The molecule has 1 heterocycles. The van der Waals surface area contributed by atoms with Gasteiger partial charge in [-0.25, -0.2) is 0 Å². The van der Waals surface area contributed by atoms with Crippen LogP contribution in [0.1, 0.15) is 24.0 Å². The van der Waals surface area contributed by atoms with Crippen molar-refractivity contribution in [2.45, 2.75) is 19.8 Å². The average molecular weight is 307 g/mol. The second-order valence-corrected chi connectivity index (χ2v) is 5.43. The predicted octanol–water partition coefficient (Wildman–Crippen LogP) is 3.08. The highest BCUT2D eigenvalue weighted by Gasteiger charge is 2.26. The minimum absolute atomic E-state index is 0.0295. The molecule has 1 aromatic rings. The molecule has 4 nitrogen and oxygen atoms in total. The number of rotatable bonds is 6. The maximum Gasteiger partial charge on any atom is 0.306 e. The fourth-order valence-corrected chi connectivity index (χ4v) is 2.34. The lowest BCUT2D eigenvalue weighted by atomic mass is 9.94. The van der Waals surface area contributed by atoms with Crippen LogP contribution in [-0.4, -0.2) is 24.8 Å². The summed E-state index contributed by atoms with van der Waals surface area (Å²) in [5.41, 5.74) is 5.83. The molecule has 0 saturated carbocycles. The maximum atomic E-state index is 11.8. The Morgan fingerprint density at radius 2 is 2.43 bits per heavy atom. The van der Waals surface area contributed by atoms with Crippen LogP contribution in [-0.2, 0) is 9.53 Å². The van der Waals surface area contributed by atoms with Gasteiger partial charge in [-0.05, 0) is 36.6 Å². The van der Waals surface area contributed by atoms with Crippen LogP contribution in [0.5, 0.6) is 0 Å². The number of halogens is 1. The van der Waals surface area contributed by atoms with E-state index in [0.717, 1.165) is 21.9 Å². The van der Waals surface area contributed by atoms with Crippen molar-refractivity contribution in [3.63, 3.8) is 0 Å². The SMILES string of the molecule is C=CCCOC(=O)CC1CNN=C1c1ccc(Cl)c(C)c1. The number of nitrogens with one attached hydrogen (secondary N) is 1. The van der Waals surface area contributed by atoms with Gasteiger partial charge in [-0.3, -0.25) is 4.79 Å². The van der Waals surface area contributed by atoms with Gasteiger partial charge in [-0.15, -0.1) is 6.58 Å². The molecule has 0 amide bonds. The maximum absolute atomic E-state index is 11.8. The Kier molecular flexibility index (Phi) is 5.39. The van der Waals surface area contributed by atoms with Crippen LogP contribution in [0, 0.1) is 12.8 Å². The summed E-state index contributed by atoms with van der Waals surface area (Å²) in [6.07, 6.45) is 2.73. The average Bonchev–Trinajstić information content (AvgIpc) is 2.90. The molecule has 1 N–H and O–H groups in total. The van der Waals surface area contributed by atoms with Crippen LogP contribution in [0.15, 0.2) is 36.0 Å². The van der Waals surface area contributed by atoms with Crippen molar-refractivity contribution in [3.8, 4) is 0 Å². The summed E-state index contributed by atoms with van der Waals surface area (Å²) in [5.74, 6) is -0.175. The molecule has 0 spiro atoms. The lowest BCUT2D eigenvalue weighted by Crippen LogP contribution is -2.22. The van der Waals surface area contributed by atoms with E-state index >= 15 is 0 Å². The van der Waals surface area contributed by atoms with Crippen molar-refractivity contribution >= 4 is 23.3 Å². The summed E-state index contributed by atoms with van der Waals surface area (Å²) in [5, 5.41) is 5.03. The van der Waals surface area contributed by atoms with Crippen LogP contribution in [0.3, 0.4) is 0 Å². The van der Waals surface area contributed by atoms with E-state index in [1.807, 2.05) is 25.1 Å². The number of ether oxygens (including phenoxy) is 1. The van der Waals surface area contributed by atoms with Gasteiger partial charge in [0.05, 0.1) is 18.7 Å². The highest BCUT2D eigenvalue weighted by Crippen LogP contribution is 2.22. The van der Waals surface area contributed by atoms with E-state index in [2.05, 4.69) is 17.1 Å². The first kappa shape index (κ1) is 15.6. The first-order valence-corrected chi connectivity index (χ1v) is 7.33. The Labute approximate surface area is 129 Å². The number of carbonyl (C=O) groups excluding carboxylic acids is 1. The first-order chi connectivity index (χ1) is 10.1. The highest BCUT2D eigenvalue weighted by molar-refractivity contribution is 6.31. The van der Waals surface area contributed by atoms with Gasteiger partial charge in [-0.1, -0.05) is 23.7 Å². The molecule has 1 atom stereocenters. The zero-order chi connectivity index (χ0) is 15.2. The van der Waals surface area contributed by atoms with E-state index in [1.54, 1.807) is 6.08 Å². The molecule has 1 aromatic carbocycles. The number of hydrogen-bond donors (Lipinski definition) is 1. The molecule has 1 unspecified atom stereocenters. The van der Waals surface area contributed by atoms with Gasteiger partial charge in [0.1, 0.15) is 0 Å². The number of hydrazone groups is 1. The van der Waals surface area contributed by atoms with Gasteiger partial charge < -0.3 is 10.2 Å². The van der Waals surface area contributed by atoms with Crippen LogP contribution >= 0.6 is 11.6 Å². The Morgan fingerprint density at radius 3 is 3.14 bits per heavy atom.